The number of benzene rings is 1. The molecule has 0 bridgehead atoms. The zero-order chi connectivity index (χ0) is 20.6. The second-order valence-electron chi connectivity index (χ2n) is 8.32. The molecule has 160 valence electrons. The Morgan fingerprint density at radius 2 is 1.72 bits per heavy atom. The third-order valence-corrected chi connectivity index (χ3v) is 6.20. The number of nitrogens with zero attached hydrogens (tertiary/aromatic N) is 2. The molecule has 0 saturated carbocycles. The summed E-state index contributed by atoms with van der Waals surface area (Å²) in [5.74, 6) is 1.26. The number of rotatable bonds is 6. The Kier molecular flexibility index (Phi) is 7.92. The molecule has 0 spiro atoms. The van der Waals surface area contributed by atoms with E-state index in [4.69, 9.17) is 4.74 Å². The first-order valence-corrected chi connectivity index (χ1v) is 11.0. The Morgan fingerprint density at radius 1 is 1.07 bits per heavy atom. The predicted octanol–water partition coefficient (Wildman–Crippen LogP) is 2.99. The fourth-order valence-electron chi connectivity index (χ4n) is 4.48. The monoisotopic (exact) mass is 401 g/mol. The number of nitrogens with one attached hydrogen (secondary N) is 1. The molecule has 6 nitrogen and oxygen atoms in total. The number of carbonyl (C=O) groups is 2. The van der Waals surface area contributed by atoms with Gasteiger partial charge in [-0.3, -0.25) is 14.5 Å². The predicted molar refractivity (Wildman–Crippen MR) is 114 cm³/mol. The Balaban J connectivity index is 1.44. The Labute approximate surface area is 174 Å². The first kappa shape index (κ1) is 21.6. The number of hydrogen-bond acceptors (Lipinski definition) is 4. The molecule has 1 aromatic carbocycles. The molecule has 2 amide bonds. The van der Waals surface area contributed by atoms with Crippen molar-refractivity contribution in [2.24, 2.45) is 5.92 Å². The van der Waals surface area contributed by atoms with E-state index < -0.39 is 0 Å². The molecule has 2 fully saturated rings. The number of piperidine rings is 1. The highest BCUT2D eigenvalue weighted by molar-refractivity contribution is 5.80. The molecular weight excluding hydrogens is 366 g/mol. The SMILES string of the molecule is COc1ccccc1C(C)NC(=O)CN1CCC(C(=O)N2CCCCCC2)CC1. The molecule has 1 aromatic rings. The van der Waals surface area contributed by atoms with E-state index in [0.717, 1.165) is 63.2 Å². The lowest BCUT2D eigenvalue weighted by Crippen LogP contribution is -2.46. The van der Waals surface area contributed by atoms with Gasteiger partial charge >= 0.3 is 0 Å². The largest absolute Gasteiger partial charge is 0.496 e. The standard InChI is InChI=1S/C23H35N3O3/c1-18(20-9-5-6-10-21(20)29-2)24-22(27)17-25-15-11-19(12-16-25)23(28)26-13-7-3-4-8-14-26/h5-6,9-10,18-19H,3-4,7-8,11-17H2,1-2H3,(H,24,27). The van der Waals surface area contributed by atoms with Crippen LogP contribution in [-0.2, 0) is 9.59 Å². The van der Waals surface area contributed by atoms with Crippen molar-refractivity contribution in [2.45, 2.75) is 51.5 Å². The zero-order valence-corrected chi connectivity index (χ0v) is 17.9. The fraction of sp³-hybridized carbons (Fsp3) is 0.652. The van der Waals surface area contributed by atoms with Gasteiger partial charge in [0.25, 0.3) is 0 Å². The molecule has 1 atom stereocenters. The molecule has 0 radical (unpaired) electrons. The summed E-state index contributed by atoms with van der Waals surface area (Å²) in [4.78, 5) is 29.6. The molecule has 0 aromatic heterocycles. The zero-order valence-electron chi connectivity index (χ0n) is 17.9. The second kappa shape index (κ2) is 10.6. The summed E-state index contributed by atoms with van der Waals surface area (Å²) in [5.41, 5.74) is 0.977. The lowest BCUT2D eigenvalue weighted by molar-refractivity contribution is -0.137. The second-order valence-corrected chi connectivity index (χ2v) is 8.32. The minimum absolute atomic E-state index is 0.0145. The number of amides is 2. The Hall–Kier alpha value is -2.08. The highest BCUT2D eigenvalue weighted by atomic mass is 16.5. The van der Waals surface area contributed by atoms with E-state index in [0.29, 0.717) is 12.5 Å². The number of hydrogen-bond donors (Lipinski definition) is 1. The van der Waals surface area contributed by atoms with Crippen molar-refractivity contribution >= 4 is 11.8 Å². The van der Waals surface area contributed by atoms with E-state index in [1.165, 1.54) is 12.8 Å². The van der Waals surface area contributed by atoms with E-state index in [1.54, 1.807) is 7.11 Å². The third kappa shape index (κ3) is 5.95. The highest BCUT2D eigenvalue weighted by Crippen LogP contribution is 2.25. The van der Waals surface area contributed by atoms with Gasteiger partial charge in [0.15, 0.2) is 0 Å². The van der Waals surface area contributed by atoms with Gasteiger partial charge in [0, 0.05) is 24.6 Å². The van der Waals surface area contributed by atoms with Crippen LogP contribution < -0.4 is 10.1 Å². The summed E-state index contributed by atoms with van der Waals surface area (Å²) in [7, 11) is 1.64. The van der Waals surface area contributed by atoms with Crippen LogP contribution >= 0.6 is 0 Å². The van der Waals surface area contributed by atoms with E-state index in [1.807, 2.05) is 31.2 Å². The van der Waals surface area contributed by atoms with Crippen molar-refractivity contribution in [3.63, 3.8) is 0 Å². The van der Waals surface area contributed by atoms with Crippen LogP contribution in [0.5, 0.6) is 5.75 Å². The van der Waals surface area contributed by atoms with Gasteiger partial charge in [-0.1, -0.05) is 31.0 Å². The quantitative estimate of drug-likeness (QED) is 0.796. The highest BCUT2D eigenvalue weighted by Gasteiger charge is 2.29. The van der Waals surface area contributed by atoms with E-state index in [2.05, 4.69) is 15.1 Å². The van der Waals surface area contributed by atoms with Crippen LogP contribution in [0.25, 0.3) is 0 Å². The van der Waals surface area contributed by atoms with Crippen LogP contribution in [-0.4, -0.2) is 61.4 Å². The number of ether oxygens (including phenoxy) is 1. The maximum absolute atomic E-state index is 12.8. The van der Waals surface area contributed by atoms with Crippen LogP contribution in [0, 0.1) is 5.92 Å². The first-order valence-electron chi connectivity index (χ1n) is 11.0. The van der Waals surface area contributed by atoms with Gasteiger partial charge in [-0.25, -0.2) is 0 Å². The first-order chi connectivity index (χ1) is 14.1. The van der Waals surface area contributed by atoms with Gasteiger partial charge in [-0.2, -0.15) is 0 Å². The van der Waals surface area contributed by atoms with Gasteiger partial charge in [0.2, 0.25) is 11.8 Å². The average Bonchev–Trinajstić information content (AvgIpc) is 3.03. The molecular formula is C23H35N3O3. The molecule has 6 heteroatoms. The molecule has 3 rings (SSSR count). The maximum atomic E-state index is 12.8. The molecule has 29 heavy (non-hydrogen) atoms. The maximum Gasteiger partial charge on any atom is 0.234 e. The summed E-state index contributed by atoms with van der Waals surface area (Å²) < 4.78 is 5.39. The normalized spacial score (nSPS) is 20.0. The average molecular weight is 402 g/mol. The summed E-state index contributed by atoms with van der Waals surface area (Å²) in [6.45, 7) is 5.80. The Morgan fingerprint density at radius 3 is 2.38 bits per heavy atom. The van der Waals surface area contributed by atoms with Crippen molar-refractivity contribution in [1.82, 2.24) is 15.1 Å². The molecule has 2 aliphatic rings. The minimum Gasteiger partial charge on any atom is -0.496 e. The smallest absolute Gasteiger partial charge is 0.234 e. The van der Waals surface area contributed by atoms with E-state index in [-0.39, 0.29) is 17.9 Å². The van der Waals surface area contributed by atoms with Crippen molar-refractivity contribution in [3.05, 3.63) is 29.8 Å². The summed E-state index contributed by atoms with van der Waals surface area (Å²) in [5, 5.41) is 3.08. The van der Waals surface area contributed by atoms with Crippen LogP contribution in [0.15, 0.2) is 24.3 Å². The molecule has 1 N–H and O–H groups in total. The van der Waals surface area contributed by atoms with Crippen LogP contribution in [0.1, 0.15) is 57.1 Å². The van der Waals surface area contributed by atoms with Gasteiger partial charge in [-0.05, 0) is 51.8 Å². The van der Waals surface area contributed by atoms with Gasteiger partial charge in [0.1, 0.15) is 5.75 Å². The number of methoxy groups -OCH3 is 1. The molecule has 1 unspecified atom stereocenters. The summed E-state index contributed by atoms with van der Waals surface area (Å²) in [6.07, 6.45) is 6.45. The summed E-state index contributed by atoms with van der Waals surface area (Å²) in [6, 6.07) is 7.65. The topological polar surface area (TPSA) is 61.9 Å². The van der Waals surface area contributed by atoms with Crippen LogP contribution in [0.2, 0.25) is 0 Å². The van der Waals surface area contributed by atoms with E-state index in [9.17, 15) is 9.59 Å². The fourth-order valence-corrected chi connectivity index (χ4v) is 4.48. The number of carbonyl (C=O) groups excluding carboxylic acids is 2. The minimum atomic E-state index is -0.110. The summed E-state index contributed by atoms with van der Waals surface area (Å²) >= 11 is 0. The van der Waals surface area contributed by atoms with Gasteiger partial charge in [0.05, 0.1) is 19.7 Å². The molecule has 2 saturated heterocycles. The van der Waals surface area contributed by atoms with Crippen LogP contribution in [0.4, 0.5) is 0 Å². The third-order valence-electron chi connectivity index (χ3n) is 6.20. The van der Waals surface area contributed by atoms with Crippen molar-refractivity contribution in [2.75, 3.05) is 39.8 Å². The lowest BCUT2D eigenvalue weighted by atomic mass is 9.95. The van der Waals surface area contributed by atoms with Crippen molar-refractivity contribution in [1.29, 1.82) is 0 Å². The molecule has 2 heterocycles. The lowest BCUT2D eigenvalue weighted by Gasteiger charge is -2.33. The molecule has 0 aliphatic carbocycles. The molecule has 2 aliphatic heterocycles. The Bertz CT molecular complexity index is 678. The van der Waals surface area contributed by atoms with Crippen molar-refractivity contribution in [3.8, 4) is 5.75 Å². The van der Waals surface area contributed by atoms with Crippen LogP contribution in [0.3, 0.4) is 0 Å². The number of para-hydroxylation sites is 1. The van der Waals surface area contributed by atoms with Gasteiger partial charge < -0.3 is 15.0 Å². The van der Waals surface area contributed by atoms with Gasteiger partial charge in [-0.15, -0.1) is 0 Å². The van der Waals surface area contributed by atoms with E-state index >= 15 is 0 Å². The van der Waals surface area contributed by atoms with Crippen molar-refractivity contribution < 1.29 is 14.3 Å². The number of likely N-dealkylation sites (tertiary alicyclic amines) is 2.